The van der Waals surface area contributed by atoms with Gasteiger partial charge in [-0.2, -0.15) is 0 Å². The Morgan fingerprint density at radius 1 is 1.18 bits per heavy atom. The van der Waals surface area contributed by atoms with E-state index >= 15 is 0 Å². The summed E-state index contributed by atoms with van der Waals surface area (Å²) < 4.78 is 10.7. The molecule has 1 aliphatic rings. The Bertz CT molecular complexity index is 731. The lowest BCUT2D eigenvalue weighted by molar-refractivity contribution is -0.130. The molecule has 2 heterocycles. The summed E-state index contributed by atoms with van der Waals surface area (Å²) in [6.45, 7) is 2.55. The molecule has 3 rings (SSSR count). The van der Waals surface area contributed by atoms with Gasteiger partial charge in [-0.15, -0.1) is 0 Å². The minimum absolute atomic E-state index is 0.366. The van der Waals surface area contributed by atoms with Crippen molar-refractivity contribution < 1.29 is 14.3 Å². The Labute approximate surface area is 128 Å². The summed E-state index contributed by atoms with van der Waals surface area (Å²) in [5.41, 5.74) is 2.04. The fraction of sp³-hybridized carbons (Fsp3) is 0.111. The van der Waals surface area contributed by atoms with Gasteiger partial charge < -0.3 is 9.47 Å². The van der Waals surface area contributed by atoms with Gasteiger partial charge in [-0.25, -0.2) is 4.79 Å². The quantitative estimate of drug-likeness (QED) is 0.640. The molecular weight excluding hydrogens is 278 g/mol. The minimum Gasteiger partial charge on any atom is -0.494 e. The van der Waals surface area contributed by atoms with Crippen LogP contribution in [-0.4, -0.2) is 17.6 Å². The van der Waals surface area contributed by atoms with Gasteiger partial charge in [0.25, 0.3) is 0 Å². The van der Waals surface area contributed by atoms with Gasteiger partial charge in [0.15, 0.2) is 0 Å². The van der Waals surface area contributed by atoms with Gasteiger partial charge in [0, 0.05) is 11.8 Å². The summed E-state index contributed by atoms with van der Waals surface area (Å²) in [6.07, 6.45) is 5.13. The molecule has 1 aromatic heterocycles. The Kier molecular flexibility index (Phi) is 4.01. The summed E-state index contributed by atoms with van der Waals surface area (Å²) in [7, 11) is 0. The summed E-state index contributed by atoms with van der Waals surface area (Å²) in [5.74, 6) is 0.963. The summed E-state index contributed by atoms with van der Waals surface area (Å²) in [6, 6.07) is 13.0. The number of carbonyl (C=O) groups excluding carboxylic acids is 1. The molecule has 0 atom stereocenters. The molecule has 2 aromatic rings. The second kappa shape index (κ2) is 6.26. The Morgan fingerprint density at radius 2 is 2.00 bits per heavy atom. The molecule has 110 valence electrons. The van der Waals surface area contributed by atoms with E-state index in [0.717, 1.165) is 17.0 Å². The standard InChI is InChI=1S/C18H15NO3/c1-2-21-16-8-6-13(7-9-16)17-12-14(18(20)22-17)11-15-5-3-4-10-19-15/h3-12H,2H2,1H3/b14-11-. The Balaban J connectivity index is 1.85. The zero-order valence-electron chi connectivity index (χ0n) is 12.2. The van der Waals surface area contributed by atoms with E-state index in [-0.39, 0.29) is 5.97 Å². The third-order valence-corrected chi connectivity index (χ3v) is 3.17. The highest BCUT2D eigenvalue weighted by Gasteiger charge is 2.22. The normalized spacial score (nSPS) is 15.6. The molecule has 4 nitrogen and oxygen atoms in total. The third kappa shape index (κ3) is 3.06. The number of carbonyl (C=O) groups is 1. The number of pyridine rings is 1. The van der Waals surface area contributed by atoms with E-state index in [4.69, 9.17) is 9.47 Å². The number of rotatable bonds is 4. The van der Waals surface area contributed by atoms with E-state index in [9.17, 15) is 4.79 Å². The fourth-order valence-corrected chi connectivity index (χ4v) is 2.13. The van der Waals surface area contributed by atoms with E-state index in [2.05, 4.69) is 4.98 Å². The SMILES string of the molecule is CCOc1ccc(C2=C/C(=C/c3ccccn3)C(=O)O2)cc1. The van der Waals surface area contributed by atoms with Crippen LogP contribution >= 0.6 is 0 Å². The number of hydrogen-bond acceptors (Lipinski definition) is 4. The third-order valence-electron chi connectivity index (χ3n) is 3.17. The molecule has 0 bridgehead atoms. The highest BCUT2D eigenvalue weighted by molar-refractivity contribution is 6.04. The lowest BCUT2D eigenvalue weighted by Crippen LogP contribution is -1.97. The van der Waals surface area contributed by atoms with Gasteiger partial charge in [0.1, 0.15) is 11.5 Å². The molecule has 0 N–H and O–H groups in total. The molecule has 0 radical (unpaired) electrons. The van der Waals surface area contributed by atoms with Crippen molar-refractivity contribution in [2.75, 3.05) is 6.61 Å². The average Bonchev–Trinajstić information content (AvgIpc) is 2.90. The van der Waals surface area contributed by atoms with Gasteiger partial charge in [0.2, 0.25) is 0 Å². The Morgan fingerprint density at radius 3 is 2.68 bits per heavy atom. The van der Waals surface area contributed by atoms with Crippen molar-refractivity contribution in [2.45, 2.75) is 6.92 Å². The lowest BCUT2D eigenvalue weighted by atomic mass is 10.1. The first-order valence-corrected chi connectivity index (χ1v) is 7.06. The second-order valence-corrected chi connectivity index (χ2v) is 4.71. The average molecular weight is 293 g/mol. The molecule has 0 aliphatic carbocycles. The molecule has 1 aromatic carbocycles. The number of esters is 1. The monoisotopic (exact) mass is 293 g/mol. The first-order chi connectivity index (χ1) is 10.8. The number of cyclic esters (lactones) is 1. The van der Waals surface area contributed by atoms with Crippen molar-refractivity contribution in [3.05, 3.63) is 71.6 Å². The first kappa shape index (κ1) is 14.1. The zero-order chi connectivity index (χ0) is 15.4. The number of ether oxygens (including phenoxy) is 2. The van der Waals surface area contributed by atoms with Crippen molar-refractivity contribution in [3.8, 4) is 5.75 Å². The van der Waals surface area contributed by atoms with Crippen LogP contribution in [0.15, 0.2) is 60.3 Å². The van der Waals surface area contributed by atoms with Crippen molar-refractivity contribution >= 4 is 17.8 Å². The molecule has 0 fully saturated rings. The van der Waals surface area contributed by atoms with Crippen LogP contribution < -0.4 is 4.74 Å². The largest absolute Gasteiger partial charge is 0.494 e. The highest BCUT2D eigenvalue weighted by atomic mass is 16.5. The molecule has 0 spiro atoms. The number of nitrogens with zero attached hydrogens (tertiary/aromatic N) is 1. The predicted octanol–water partition coefficient (Wildman–Crippen LogP) is 3.46. The maximum atomic E-state index is 11.9. The van der Waals surface area contributed by atoms with E-state index in [1.54, 1.807) is 18.3 Å². The minimum atomic E-state index is -0.366. The van der Waals surface area contributed by atoms with Crippen LogP contribution in [0.3, 0.4) is 0 Å². The van der Waals surface area contributed by atoms with Crippen molar-refractivity contribution in [2.24, 2.45) is 0 Å². The second-order valence-electron chi connectivity index (χ2n) is 4.71. The summed E-state index contributed by atoms with van der Waals surface area (Å²) in [4.78, 5) is 16.1. The van der Waals surface area contributed by atoms with E-state index in [1.165, 1.54) is 0 Å². The van der Waals surface area contributed by atoms with Gasteiger partial charge in [-0.1, -0.05) is 6.07 Å². The summed E-state index contributed by atoms with van der Waals surface area (Å²) >= 11 is 0. The lowest BCUT2D eigenvalue weighted by Gasteiger charge is -2.05. The molecular formula is C18H15NO3. The fourth-order valence-electron chi connectivity index (χ4n) is 2.13. The number of aromatic nitrogens is 1. The van der Waals surface area contributed by atoms with E-state index < -0.39 is 0 Å². The van der Waals surface area contributed by atoms with Crippen molar-refractivity contribution in [1.82, 2.24) is 4.98 Å². The highest BCUT2D eigenvalue weighted by Crippen LogP contribution is 2.28. The van der Waals surface area contributed by atoms with Crippen LogP contribution in [-0.2, 0) is 9.53 Å². The summed E-state index contributed by atoms with van der Waals surface area (Å²) in [5, 5.41) is 0. The molecule has 0 amide bonds. The van der Waals surface area contributed by atoms with Crippen LogP contribution in [0.4, 0.5) is 0 Å². The van der Waals surface area contributed by atoms with Crippen LogP contribution in [0.2, 0.25) is 0 Å². The molecule has 0 saturated carbocycles. The topological polar surface area (TPSA) is 48.4 Å². The number of hydrogen-bond donors (Lipinski definition) is 0. The molecule has 22 heavy (non-hydrogen) atoms. The predicted molar refractivity (Wildman–Crippen MR) is 83.9 cm³/mol. The number of benzene rings is 1. The zero-order valence-corrected chi connectivity index (χ0v) is 12.2. The first-order valence-electron chi connectivity index (χ1n) is 7.06. The van der Waals surface area contributed by atoms with Crippen LogP contribution in [0.25, 0.3) is 11.8 Å². The maximum absolute atomic E-state index is 11.9. The molecule has 0 saturated heterocycles. The van der Waals surface area contributed by atoms with E-state index in [1.807, 2.05) is 49.4 Å². The molecule has 1 aliphatic heterocycles. The van der Waals surface area contributed by atoms with Crippen molar-refractivity contribution in [1.29, 1.82) is 0 Å². The van der Waals surface area contributed by atoms with Gasteiger partial charge >= 0.3 is 5.97 Å². The van der Waals surface area contributed by atoms with Gasteiger partial charge in [-0.05, 0) is 55.5 Å². The van der Waals surface area contributed by atoms with Gasteiger partial charge in [-0.3, -0.25) is 4.98 Å². The van der Waals surface area contributed by atoms with Crippen LogP contribution in [0.5, 0.6) is 5.75 Å². The Hall–Kier alpha value is -2.88. The van der Waals surface area contributed by atoms with Crippen LogP contribution in [0.1, 0.15) is 18.2 Å². The van der Waals surface area contributed by atoms with Crippen molar-refractivity contribution in [3.63, 3.8) is 0 Å². The van der Waals surface area contributed by atoms with Gasteiger partial charge in [0.05, 0.1) is 17.9 Å². The smallest absolute Gasteiger partial charge is 0.343 e. The van der Waals surface area contributed by atoms with Crippen LogP contribution in [0, 0.1) is 0 Å². The van der Waals surface area contributed by atoms with E-state index in [0.29, 0.717) is 17.9 Å². The molecule has 4 heteroatoms. The maximum Gasteiger partial charge on any atom is 0.343 e. The molecule has 0 unspecified atom stereocenters.